The molecule has 0 aliphatic carbocycles. The third-order valence-electron chi connectivity index (χ3n) is 2.36. The molecule has 1 aromatic carbocycles. The monoisotopic (exact) mass is 255 g/mol. The highest BCUT2D eigenvalue weighted by Crippen LogP contribution is 2.31. The highest BCUT2D eigenvalue weighted by Gasteiger charge is 2.16. The number of ether oxygens (including phenoxy) is 1. The molecular formula is C13H9N3O3. The number of hydrogen-bond acceptors (Lipinski definition) is 5. The van der Waals surface area contributed by atoms with Crippen molar-refractivity contribution in [2.75, 3.05) is 0 Å². The predicted octanol–water partition coefficient (Wildman–Crippen LogP) is 2.96. The Morgan fingerprint density at radius 3 is 2.84 bits per heavy atom. The predicted molar refractivity (Wildman–Crippen MR) is 66.9 cm³/mol. The fourth-order valence-electron chi connectivity index (χ4n) is 1.50. The number of aryl methyl sites for hydroxylation is 1. The number of nitrogens with zero attached hydrogens (tertiary/aromatic N) is 3. The molecule has 0 spiro atoms. The van der Waals surface area contributed by atoms with E-state index in [0.29, 0.717) is 0 Å². The van der Waals surface area contributed by atoms with Crippen LogP contribution in [0.4, 0.5) is 5.69 Å². The SMILES string of the molecule is Cc1ccc(Oc2cccc(C#N)n2)c([N+](=O)[O-])c1. The van der Waals surface area contributed by atoms with E-state index in [4.69, 9.17) is 10.00 Å². The lowest BCUT2D eigenvalue weighted by atomic mass is 10.2. The lowest BCUT2D eigenvalue weighted by molar-refractivity contribution is -0.385. The van der Waals surface area contributed by atoms with Crippen molar-refractivity contribution >= 4 is 5.69 Å². The highest BCUT2D eigenvalue weighted by molar-refractivity contribution is 5.49. The minimum absolute atomic E-state index is 0.0955. The van der Waals surface area contributed by atoms with Gasteiger partial charge in [0.25, 0.3) is 0 Å². The van der Waals surface area contributed by atoms with Gasteiger partial charge in [-0.1, -0.05) is 12.1 Å². The third kappa shape index (κ3) is 2.84. The summed E-state index contributed by atoms with van der Waals surface area (Å²) in [5, 5.41) is 19.7. The molecule has 0 atom stereocenters. The van der Waals surface area contributed by atoms with Gasteiger partial charge in [-0.25, -0.2) is 4.98 Å². The molecule has 2 rings (SSSR count). The first-order valence-electron chi connectivity index (χ1n) is 5.40. The van der Waals surface area contributed by atoms with E-state index in [9.17, 15) is 10.1 Å². The Bertz CT molecular complexity index is 677. The molecule has 0 unspecified atom stereocenters. The molecule has 0 radical (unpaired) electrons. The largest absolute Gasteiger partial charge is 0.432 e. The molecule has 0 saturated heterocycles. The van der Waals surface area contributed by atoms with E-state index in [1.54, 1.807) is 19.1 Å². The van der Waals surface area contributed by atoms with Crippen LogP contribution in [0.1, 0.15) is 11.3 Å². The minimum atomic E-state index is -0.517. The van der Waals surface area contributed by atoms with Crippen LogP contribution in [-0.4, -0.2) is 9.91 Å². The van der Waals surface area contributed by atoms with Gasteiger partial charge in [0, 0.05) is 12.1 Å². The summed E-state index contributed by atoms with van der Waals surface area (Å²) in [7, 11) is 0. The number of nitro groups is 1. The fourth-order valence-corrected chi connectivity index (χ4v) is 1.50. The summed E-state index contributed by atoms with van der Waals surface area (Å²) in [6.07, 6.45) is 0. The van der Waals surface area contributed by atoms with Crippen LogP contribution >= 0.6 is 0 Å². The second-order valence-electron chi connectivity index (χ2n) is 3.80. The van der Waals surface area contributed by atoms with Gasteiger partial charge in [0.2, 0.25) is 11.6 Å². The average molecular weight is 255 g/mol. The van der Waals surface area contributed by atoms with Crippen molar-refractivity contribution in [1.29, 1.82) is 5.26 Å². The van der Waals surface area contributed by atoms with E-state index >= 15 is 0 Å². The van der Waals surface area contributed by atoms with Gasteiger partial charge in [0.1, 0.15) is 11.8 Å². The van der Waals surface area contributed by atoms with Gasteiger partial charge in [-0.3, -0.25) is 10.1 Å². The van der Waals surface area contributed by atoms with Crippen molar-refractivity contribution in [3.63, 3.8) is 0 Å². The van der Waals surface area contributed by atoms with Gasteiger partial charge in [0.15, 0.2) is 0 Å². The maximum absolute atomic E-state index is 10.9. The summed E-state index contributed by atoms with van der Waals surface area (Å²) >= 11 is 0. The smallest absolute Gasteiger partial charge is 0.311 e. The van der Waals surface area contributed by atoms with Gasteiger partial charge in [0.05, 0.1) is 4.92 Å². The molecule has 19 heavy (non-hydrogen) atoms. The third-order valence-corrected chi connectivity index (χ3v) is 2.36. The van der Waals surface area contributed by atoms with Crippen molar-refractivity contribution in [2.24, 2.45) is 0 Å². The van der Waals surface area contributed by atoms with Gasteiger partial charge in [-0.05, 0) is 24.6 Å². The Kier molecular flexibility index (Phi) is 3.39. The van der Waals surface area contributed by atoms with Crippen LogP contribution in [0.25, 0.3) is 0 Å². The van der Waals surface area contributed by atoms with E-state index < -0.39 is 4.92 Å². The zero-order valence-electron chi connectivity index (χ0n) is 10.0. The number of aromatic nitrogens is 1. The Hall–Kier alpha value is -2.94. The average Bonchev–Trinajstić information content (AvgIpc) is 2.41. The molecule has 2 aromatic rings. The van der Waals surface area contributed by atoms with E-state index in [2.05, 4.69) is 4.98 Å². The van der Waals surface area contributed by atoms with Crippen LogP contribution in [0.2, 0.25) is 0 Å². The van der Waals surface area contributed by atoms with Crippen LogP contribution < -0.4 is 4.74 Å². The van der Waals surface area contributed by atoms with E-state index in [1.807, 2.05) is 6.07 Å². The Morgan fingerprint density at radius 2 is 2.16 bits per heavy atom. The molecule has 0 N–H and O–H groups in total. The zero-order chi connectivity index (χ0) is 13.8. The first-order valence-corrected chi connectivity index (χ1v) is 5.40. The maximum Gasteiger partial charge on any atom is 0.311 e. The number of hydrogen-bond donors (Lipinski definition) is 0. The standard InChI is InChI=1S/C13H9N3O3/c1-9-5-6-12(11(7-9)16(17)18)19-13-4-2-3-10(8-14)15-13/h2-7H,1H3. The number of nitriles is 1. The van der Waals surface area contributed by atoms with Crippen LogP contribution in [-0.2, 0) is 0 Å². The molecular weight excluding hydrogens is 246 g/mol. The molecule has 1 heterocycles. The van der Waals surface area contributed by atoms with Crippen molar-refractivity contribution < 1.29 is 9.66 Å². The molecule has 6 nitrogen and oxygen atoms in total. The summed E-state index contributed by atoms with van der Waals surface area (Å²) in [6, 6.07) is 11.2. The number of rotatable bonds is 3. The van der Waals surface area contributed by atoms with E-state index in [0.717, 1.165) is 5.56 Å². The van der Waals surface area contributed by atoms with Crippen molar-refractivity contribution in [2.45, 2.75) is 6.92 Å². The van der Waals surface area contributed by atoms with Gasteiger partial charge in [-0.15, -0.1) is 0 Å². The summed E-state index contributed by atoms with van der Waals surface area (Å²) in [5.74, 6) is 0.240. The van der Waals surface area contributed by atoms with Crippen LogP contribution in [0.3, 0.4) is 0 Å². The molecule has 1 aromatic heterocycles. The second kappa shape index (κ2) is 5.14. The number of pyridine rings is 1. The summed E-state index contributed by atoms with van der Waals surface area (Å²) in [4.78, 5) is 14.3. The van der Waals surface area contributed by atoms with Gasteiger partial charge < -0.3 is 4.74 Å². The molecule has 0 aliphatic heterocycles. The van der Waals surface area contributed by atoms with Crippen LogP contribution in [0, 0.1) is 28.4 Å². The van der Waals surface area contributed by atoms with E-state index in [1.165, 1.54) is 24.3 Å². The second-order valence-corrected chi connectivity index (χ2v) is 3.80. The van der Waals surface area contributed by atoms with E-state index in [-0.39, 0.29) is 23.0 Å². The Morgan fingerprint density at radius 1 is 1.37 bits per heavy atom. The molecule has 0 amide bonds. The minimum Gasteiger partial charge on any atom is -0.432 e. The number of benzene rings is 1. The quantitative estimate of drug-likeness (QED) is 0.621. The van der Waals surface area contributed by atoms with Crippen molar-refractivity contribution in [1.82, 2.24) is 4.98 Å². The van der Waals surface area contributed by atoms with Crippen molar-refractivity contribution in [3.8, 4) is 17.7 Å². The zero-order valence-corrected chi connectivity index (χ0v) is 10.0. The van der Waals surface area contributed by atoms with Crippen molar-refractivity contribution in [3.05, 3.63) is 57.8 Å². The topological polar surface area (TPSA) is 89.0 Å². The molecule has 94 valence electrons. The Labute approximate surface area is 109 Å². The lowest BCUT2D eigenvalue weighted by Crippen LogP contribution is -1.96. The van der Waals surface area contributed by atoms with Gasteiger partial charge in [-0.2, -0.15) is 5.26 Å². The lowest BCUT2D eigenvalue weighted by Gasteiger charge is -2.05. The summed E-state index contributed by atoms with van der Waals surface area (Å²) < 4.78 is 5.36. The van der Waals surface area contributed by atoms with Gasteiger partial charge >= 0.3 is 5.69 Å². The maximum atomic E-state index is 10.9. The molecule has 0 bridgehead atoms. The molecule has 0 fully saturated rings. The molecule has 0 saturated carbocycles. The highest BCUT2D eigenvalue weighted by atomic mass is 16.6. The summed E-state index contributed by atoms with van der Waals surface area (Å²) in [6.45, 7) is 1.76. The molecule has 0 aliphatic rings. The summed E-state index contributed by atoms with van der Waals surface area (Å²) in [5.41, 5.74) is 0.814. The first kappa shape index (κ1) is 12.5. The first-order chi connectivity index (χ1) is 9.10. The Balaban J connectivity index is 2.38. The number of nitro benzene ring substituents is 1. The molecule has 6 heteroatoms. The van der Waals surface area contributed by atoms with Crippen LogP contribution in [0.5, 0.6) is 11.6 Å². The normalized spacial score (nSPS) is 9.68. The fraction of sp³-hybridized carbons (Fsp3) is 0.0769. The van der Waals surface area contributed by atoms with Crippen LogP contribution in [0.15, 0.2) is 36.4 Å².